The van der Waals surface area contributed by atoms with Crippen LogP contribution >= 0.6 is 11.8 Å². The number of rotatable bonds is 6. The van der Waals surface area contributed by atoms with E-state index in [4.69, 9.17) is 9.47 Å². The second-order valence-corrected chi connectivity index (χ2v) is 8.46. The van der Waals surface area contributed by atoms with Crippen molar-refractivity contribution in [3.8, 4) is 17.2 Å². The van der Waals surface area contributed by atoms with Gasteiger partial charge in [0.25, 0.3) is 0 Å². The number of hydrogen-bond donors (Lipinski definition) is 1. The standard InChI is InChI=1S/C23H22N6O3S/c1-15-12-20(29(27-15)16-8-4-3-5-9-16)24-21(30)14-33-23-26-25-22(28(23)2)19-13-31-17-10-6-7-11-18(17)32-19/h3-12,19H,13-14H2,1-2H3,(H,24,30). The third-order valence-electron chi connectivity index (χ3n) is 5.10. The molecular formula is C23H22N6O3S. The van der Waals surface area contributed by atoms with Crippen LogP contribution in [-0.4, -0.2) is 42.8 Å². The van der Waals surface area contributed by atoms with Crippen LogP contribution in [0.3, 0.4) is 0 Å². The first-order valence-corrected chi connectivity index (χ1v) is 11.4. The number of benzene rings is 2. The highest BCUT2D eigenvalue weighted by Gasteiger charge is 2.27. The van der Waals surface area contributed by atoms with Crippen molar-refractivity contribution in [3.63, 3.8) is 0 Å². The van der Waals surface area contributed by atoms with Crippen molar-refractivity contribution in [2.75, 3.05) is 17.7 Å². The molecule has 1 amide bonds. The van der Waals surface area contributed by atoms with E-state index in [-0.39, 0.29) is 17.8 Å². The molecule has 0 bridgehead atoms. The third-order valence-corrected chi connectivity index (χ3v) is 6.12. The zero-order chi connectivity index (χ0) is 22.8. The Morgan fingerprint density at radius 3 is 2.70 bits per heavy atom. The lowest BCUT2D eigenvalue weighted by Crippen LogP contribution is -2.24. The van der Waals surface area contributed by atoms with Gasteiger partial charge in [0.1, 0.15) is 12.4 Å². The van der Waals surface area contributed by atoms with Crippen molar-refractivity contribution in [2.45, 2.75) is 18.2 Å². The highest BCUT2D eigenvalue weighted by atomic mass is 32.2. The van der Waals surface area contributed by atoms with Crippen molar-refractivity contribution < 1.29 is 14.3 Å². The van der Waals surface area contributed by atoms with E-state index in [9.17, 15) is 4.79 Å². The molecule has 33 heavy (non-hydrogen) atoms. The lowest BCUT2D eigenvalue weighted by molar-refractivity contribution is -0.113. The predicted octanol–water partition coefficient (Wildman–Crippen LogP) is 3.55. The first-order chi connectivity index (χ1) is 16.1. The molecular weight excluding hydrogens is 440 g/mol. The van der Waals surface area contributed by atoms with E-state index < -0.39 is 0 Å². The summed E-state index contributed by atoms with van der Waals surface area (Å²) >= 11 is 1.30. The Morgan fingerprint density at radius 2 is 1.88 bits per heavy atom. The van der Waals surface area contributed by atoms with E-state index in [2.05, 4.69) is 20.6 Å². The molecule has 4 aromatic rings. The monoisotopic (exact) mass is 462 g/mol. The smallest absolute Gasteiger partial charge is 0.236 e. The molecule has 1 aliphatic heterocycles. The molecule has 1 atom stereocenters. The Morgan fingerprint density at radius 1 is 1.12 bits per heavy atom. The number of para-hydroxylation sites is 3. The van der Waals surface area contributed by atoms with Crippen LogP contribution in [0.15, 0.2) is 65.8 Å². The summed E-state index contributed by atoms with van der Waals surface area (Å²) in [5.41, 5.74) is 1.69. The summed E-state index contributed by atoms with van der Waals surface area (Å²) in [6.45, 7) is 2.23. The van der Waals surface area contributed by atoms with E-state index in [1.165, 1.54) is 11.8 Å². The fourth-order valence-electron chi connectivity index (χ4n) is 3.54. The summed E-state index contributed by atoms with van der Waals surface area (Å²) in [5, 5.41) is 16.6. The average molecular weight is 463 g/mol. The minimum atomic E-state index is -0.372. The molecule has 1 N–H and O–H groups in total. The molecule has 0 aliphatic carbocycles. The van der Waals surface area contributed by atoms with Gasteiger partial charge in [-0.05, 0) is 31.2 Å². The maximum Gasteiger partial charge on any atom is 0.236 e. The number of ether oxygens (including phenoxy) is 2. The van der Waals surface area contributed by atoms with Gasteiger partial charge in [-0.2, -0.15) is 5.10 Å². The fourth-order valence-corrected chi connectivity index (χ4v) is 4.26. The summed E-state index contributed by atoms with van der Waals surface area (Å²) in [4.78, 5) is 12.7. The lowest BCUT2D eigenvalue weighted by Gasteiger charge is -2.25. The molecule has 10 heteroatoms. The maximum absolute atomic E-state index is 12.7. The molecule has 168 valence electrons. The molecule has 5 rings (SSSR count). The number of thioether (sulfide) groups is 1. The molecule has 0 fully saturated rings. The van der Waals surface area contributed by atoms with Crippen molar-refractivity contribution in [1.82, 2.24) is 24.5 Å². The molecule has 0 saturated heterocycles. The summed E-state index contributed by atoms with van der Waals surface area (Å²) in [5.74, 6) is 2.67. The number of carbonyl (C=O) groups excluding carboxylic acids is 1. The zero-order valence-electron chi connectivity index (χ0n) is 18.1. The highest BCUT2D eigenvalue weighted by molar-refractivity contribution is 7.99. The largest absolute Gasteiger partial charge is 0.485 e. The van der Waals surface area contributed by atoms with E-state index >= 15 is 0 Å². The molecule has 1 unspecified atom stereocenters. The SMILES string of the molecule is Cc1cc(NC(=O)CSc2nnc(C3COc4ccccc4O3)n2C)n(-c2ccccc2)n1. The van der Waals surface area contributed by atoms with Crippen LogP contribution in [0, 0.1) is 6.92 Å². The number of nitrogens with zero attached hydrogens (tertiary/aromatic N) is 5. The van der Waals surface area contributed by atoms with Gasteiger partial charge >= 0.3 is 0 Å². The number of aryl methyl sites for hydroxylation is 1. The summed E-state index contributed by atoms with van der Waals surface area (Å²) in [6, 6.07) is 19.0. The number of carbonyl (C=O) groups is 1. The average Bonchev–Trinajstić information content (AvgIpc) is 3.39. The van der Waals surface area contributed by atoms with Gasteiger partial charge in [-0.3, -0.25) is 4.79 Å². The Kier molecular flexibility index (Phi) is 5.74. The van der Waals surface area contributed by atoms with Gasteiger partial charge in [-0.1, -0.05) is 42.1 Å². The van der Waals surface area contributed by atoms with Crippen LogP contribution in [0.25, 0.3) is 5.69 Å². The van der Waals surface area contributed by atoms with Crippen LogP contribution < -0.4 is 14.8 Å². The Balaban J connectivity index is 1.23. The lowest BCUT2D eigenvalue weighted by atomic mass is 10.2. The first kappa shape index (κ1) is 21.1. The van der Waals surface area contributed by atoms with Crippen LogP contribution in [0.4, 0.5) is 5.82 Å². The molecule has 3 heterocycles. The van der Waals surface area contributed by atoms with E-state index in [0.29, 0.717) is 34.9 Å². The molecule has 2 aromatic carbocycles. The van der Waals surface area contributed by atoms with Gasteiger partial charge in [0.15, 0.2) is 28.6 Å². The Hall–Kier alpha value is -3.79. The van der Waals surface area contributed by atoms with E-state index in [1.807, 2.05) is 79.2 Å². The minimum absolute atomic E-state index is 0.159. The van der Waals surface area contributed by atoms with Crippen molar-refractivity contribution in [2.24, 2.45) is 7.05 Å². The Bertz CT molecular complexity index is 1290. The van der Waals surface area contributed by atoms with Gasteiger partial charge in [0.2, 0.25) is 5.91 Å². The number of anilines is 1. The second-order valence-electron chi connectivity index (χ2n) is 7.52. The van der Waals surface area contributed by atoms with E-state index in [0.717, 1.165) is 11.4 Å². The van der Waals surface area contributed by atoms with Crippen molar-refractivity contribution in [3.05, 3.63) is 72.2 Å². The molecule has 2 aromatic heterocycles. The molecule has 9 nitrogen and oxygen atoms in total. The van der Waals surface area contributed by atoms with Crippen LogP contribution in [-0.2, 0) is 11.8 Å². The second kappa shape index (κ2) is 8.99. The minimum Gasteiger partial charge on any atom is -0.485 e. The summed E-state index contributed by atoms with van der Waals surface area (Å²) in [6.07, 6.45) is -0.372. The molecule has 0 saturated carbocycles. The number of hydrogen-bond acceptors (Lipinski definition) is 7. The Labute approximate surface area is 194 Å². The summed E-state index contributed by atoms with van der Waals surface area (Å²) in [7, 11) is 1.85. The summed E-state index contributed by atoms with van der Waals surface area (Å²) < 4.78 is 15.4. The zero-order valence-corrected chi connectivity index (χ0v) is 19.0. The van der Waals surface area contributed by atoms with Crippen molar-refractivity contribution in [1.29, 1.82) is 0 Å². The maximum atomic E-state index is 12.7. The van der Waals surface area contributed by atoms with Crippen molar-refractivity contribution >= 4 is 23.5 Å². The van der Waals surface area contributed by atoms with Gasteiger partial charge in [0, 0.05) is 13.1 Å². The van der Waals surface area contributed by atoms with Gasteiger partial charge < -0.3 is 19.4 Å². The number of nitrogens with one attached hydrogen (secondary N) is 1. The topological polar surface area (TPSA) is 96.1 Å². The molecule has 0 radical (unpaired) electrons. The van der Waals surface area contributed by atoms with Gasteiger partial charge in [-0.15, -0.1) is 10.2 Å². The predicted molar refractivity (Wildman–Crippen MR) is 124 cm³/mol. The first-order valence-electron chi connectivity index (χ1n) is 10.4. The van der Waals surface area contributed by atoms with Crippen LogP contribution in [0.2, 0.25) is 0 Å². The number of amides is 1. The van der Waals surface area contributed by atoms with Gasteiger partial charge in [-0.25, -0.2) is 4.68 Å². The number of fused-ring (bicyclic) bond motifs is 1. The third kappa shape index (κ3) is 4.42. The molecule has 1 aliphatic rings. The normalized spacial score (nSPS) is 14.8. The van der Waals surface area contributed by atoms with Crippen LogP contribution in [0.1, 0.15) is 17.6 Å². The van der Waals surface area contributed by atoms with Crippen LogP contribution in [0.5, 0.6) is 11.5 Å². The van der Waals surface area contributed by atoms with Gasteiger partial charge in [0.05, 0.1) is 17.1 Å². The molecule has 0 spiro atoms. The fraction of sp³-hybridized carbons (Fsp3) is 0.217. The highest BCUT2D eigenvalue weighted by Crippen LogP contribution is 2.35. The quantitative estimate of drug-likeness (QED) is 0.438. The number of aromatic nitrogens is 5. The van der Waals surface area contributed by atoms with E-state index in [1.54, 1.807) is 4.68 Å².